The molecule has 0 atom stereocenters. The molecule has 6 heteroatoms. The molecular weight excluding hydrogens is 306 g/mol. The van der Waals surface area contributed by atoms with Crippen molar-refractivity contribution in [1.82, 2.24) is 4.98 Å². The molecule has 0 spiro atoms. The number of rotatable bonds is 4. The van der Waals surface area contributed by atoms with Crippen molar-refractivity contribution in [3.8, 4) is 0 Å². The van der Waals surface area contributed by atoms with E-state index < -0.39 is 5.95 Å². The molecule has 1 aliphatic heterocycles. The zero-order valence-corrected chi connectivity index (χ0v) is 14.5. The maximum absolute atomic E-state index is 13.1. The number of halogens is 1. The van der Waals surface area contributed by atoms with Gasteiger partial charge in [0.05, 0.1) is 11.2 Å². The molecule has 1 saturated heterocycles. The number of hydrogen-bond donors (Lipinski definition) is 1. The van der Waals surface area contributed by atoms with Gasteiger partial charge in [-0.1, -0.05) is 12.1 Å². The van der Waals surface area contributed by atoms with Crippen molar-refractivity contribution < 1.29 is 13.7 Å². The van der Waals surface area contributed by atoms with Gasteiger partial charge in [-0.15, -0.1) is 0 Å². The van der Waals surface area contributed by atoms with Gasteiger partial charge in [-0.3, -0.25) is 0 Å². The third-order valence-electron chi connectivity index (χ3n) is 4.72. The van der Waals surface area contributed by atoms with Crippen molar-refractivity contribution in [2.45, 2.75) is 45.4 Å². The largest absolute Gasteiger partial charge is 0.494 e. The van der Waals surface area contributed by atoms with Crippen molar-refractivity contribution in [2.75, 3.05) is 5.32 Å². The van der Waals surface area contributed by atoms with Gasteiger partial charge in [0, 0.05) is 18.4 Å². The van der Waals surface area contributed by atoms with E-state index in [0.29, 0.717) is 6.54 Å². The third kappa shape index (κ3) is 3.44. The Morgan fingerprint density at radius 1 is 1.04 bits per heavy atom. The van der Waals surface area contributed by atoms with Gasteiger partial charge >= 0.3 is 7.12 Å². The van der Waals surface area contributed by atoms with E-state index in [1.807, 2.05) is 52.0 Å². The summed E-state index contributed by atoms with van der Waals surface area (Å²) < 4.78 is 25.2. The third-order valence-corrected chi connectivity index (χ3v) is 4.72. The van der Waals surface area contributed by atoms with Gasteiger partial charge in [0.15, 0.2) is 0 Å². The van der Waals surface area contributed by atoms with Crippen molar-refractivity contribution in [1.29, 1.82) is 0 Å². The number of aromatic nitrogens is 1. The molecule has 1 fully saturated rings. The quantitative estimate of drug-likeness (QED) is 0.692. The molecular formula is C18H22BFN2O2. The van der Waals surface area contributed by atoms with Crippen LogP contribution in [0.15, 0.2) is 42.6 Å². The van der Waals surface area contributed by atoms with E-state index in [1.54, 1.807) is 6.07 Å². The molecule has 0 saturated carbocycles. The van der Waals surface area contributed by atoms with E-state index in [2.05, 4.69) is 10.3 Å². The smallest absolute Gasteiger partial charge is 0.399 e. The molecule has 1 aromatic heterocycles. The van der Waals surface area contributed by atoms with E-state index in [0.717, 1.165) is 16.7 Å². The zero-order valence-electron chi connectivity index (χ0n) is 14.5. The SMILES string of the molecule is CC1(C)OB(c2ccc(NCc3ccnc(F)c3)cc2)OC1(C)C. The molecule has 24 heavy (non-hydrogen) atoms. The van der Waals surface area contributed by atoms with E-state index >= 15 is 0 Å². The summed E-state index contributed by atoms with van der Waals surface area (Å²) in [5, 5.41) is 3.26. The van der Waals surface area contributed by atoms with Gasteiger partial charge in [-0.2, -0.15) is 4.39 Å². The average Bonchev–Trinajstić information content (AvgIpc) is 2.74. The Morgan fingerprint density at radius 2 is 1.67 bits per heavy atom. The molecule has 0 aliphatic carbocycles. The molecule has 0 amide bonds. The van der Waals surface area contributed by atoms with Crippen LogP contribution < -0.4 is 10.8 Å². The fraction of sp³-hybridized carbons (Fsp3) is 0.389. The monoisotopic (exact) mass is 328 g/mol. The van der Waals surface area contributed by atoms with Crippen LogP contribution in [0.25, 0.3) is 0 Å². The summed E-state index contributed by atoms with van der Waals surface area (Å²) in [5.74, 6) is -0.467. The predicted octanol–water partition coefficient (Wildman–Crippen LogP) is 3.13. The van der Waals surface area contributed by atoms with Crippen LogP contribution in [0.5, 0.6) is 0 Å². The second-order valence-electron chi connectivity index (χ2n) is 7.05. The first kappa shape index (κ1) is 16.9. The standard InChI is InChI=1S/C18H22BFN2O2/c1-17(2)18(3,4)24-19(23-17)14-5-7-15(8-6-14)22-12-13-9-10-21-16(20)11-13/h5-11,22H,12H2,1-4H3. The molecule has 1 N–H and O–H groups in total. The van der Waals surface area contributed by atoms with E-state index in [1.165, 1.54) is 12.3 Å². The van der Waals surface area contributed by atoms with Gasteiger partial charge in [0.1, 0.15) is 0 Å². The van der Waals surface area contributed by atoms with Crippen LogP contribution in [0.1, 0.15) is 33.3 Å². The average molecular weight is 328 g/mol. The van der Waals surface area contributed by atoms with Gasteiger partial charge < -0.3 is 14.6 Å². The number of pyridine rings is 1. The molecule has 1 aromatic carbocycles. The molecule has 4 nitrogen and oxygen atoms in total. The summed E-state index contributed by atoms with van der Waals surface area (Å²) in [7, 11) is -0.363. The highest BCUT2D eigenvalue weighted by Gasteiger charge is 2.51. The fourth-order valence-electron chi connectivity index (χ4n) is 2.49. The molecule has 126 valence electrons. The maximum atomic E-state index is 13.1. The van der Waals surface area contributed by atoms with Crippen molar-refractivity contribution >= 4 is 18.3 Å². The van der Waals surface area contributed by atoms with E-state index in [4.69, 9.17) is 9.31 Å². The molecule has 0 unspecified atom stereocenters. The summed E-state index contributed by atoms with van der Waals surface area (Å²) in [4.78, 5) is 3.55. The molecule has 3 rings (SSSR count). The highest BCUT2D eigenvalue weighted by atomic mass is 19.1. The highest BCUT2D eigenvalue weighted by Crippen LogP contribution is 2.36. The van der Waals surface area contributed by atoms with Gasteiger partial charge in [-0.05, 0) is 63.0 Å². The Balaban J connectivity index is 1.64. The first-order chi connectivity index (χ1) is 11.3. The van der Waals surface area contributed by atoms with E-state index in [-0.39, 0.29) is 18.3 Å². The lowest BCUT2D eigenvalue weighted by Crippen LogP contribution is -2.41. The van der Waals surface area contributed by atoms with Crippen molar-refractivity contribution in [3.63, 3.8) is 0 Å². The normalized spacial score (nSPS) is 18.6. The summed E-state index contributed by atoms with van der Waals surface area (Å²) in [6, 6.07) is 11.1. The minimum absolute atomic E-state index is 0.347. The Hall–Kier alpha value is -1.92. The lowest BCUT2D eigenvalue weighted by atomic mass is 9.79. The predicted molar refractivity (Wildman–Crippen MR) is 93.7 cm³/mol. The summed E-state index contributed by atoms with van der Waals surface area (Å²) in [6.07, 6.45) is 1.47. The van der Waals surface area contributed by atoms with Crippen LogP contribution in [0.4, 0.5) is 10.1 Å². The number of nitrogens with one attached hydrogen (secondary N) is 1. The minimum Gasteiger partial charge on any atom is -0.399 e. The number of hydrogen-bond acceptors (Lipinski definition) is 4. The maximum Gasteiger partial charge on any atom is 0.494 e. The van der Waals surface area contributed by atoms with Crippen molar-refractivity contribution in [3.05, 3.63) is 54.1 Å². The van der Waals surface area contributed by atoms with Crippen molar-refractivity contribution in [2.24, 2.45) is 0 Å². The number of nitrogens with zero attached hydrogens (tertiary/aromatic N) is 1. The first-order valence-electron chi connectivity index (χ1n) is 8.07. The lowest BCUT2D eigenvalue weighted by Gasteiger charge is -2.32. The Kier molecular flexibility index (Phi) is 4.36. The van der Waals surface area contributed by atoms with Crippen LogP contribution in [-0.2, 0) is 15.9 Å². The second-order valence-corrected chi connectivity index (χ2v) is 7.05. The lowest BCUT2D eigenvalue weighted by molar-refractivity contribution is 0.00578. The Bertz CT molecular complexity index is 703. The van der Waals surface area contributed by atoms with Crippen LogP contribution in [0.3, 0.4) is 0 Å². The fourth-order valence-corrected chi connectivity index (χ4v) is 2.49. The van der Waals surface area contributed by atoms with Crippen LogP contribution in [0, 0.1) is 5.95 Å². The van der Waals surface area contributed by atoms with Crippen LogP contribution >= 0.6 is 0 Å². The molecule has 0 radical (unpaired) electrons. The zero-order chi connectivity index (χ0) is 17.4. The first-order valence-corrected chi connectivity index (χ1v) is 8.07. The second kappa shape index (κ2) is 6.18. The minimum atomic E-state index is -0.467. The Morgan fingerprint density at radius 3 is 2.25 bits per heavy atom. The number of benzene rings is 1. The summed E-state index contributed by atoms with van der Waals surface area (Å²) in [6.45, 7) is 8.69. The van der Waals surface area contributed by atoms with Gasteiger partial charge in [-0.25, -0.2) is 4.98 Å². The summed E-state index contributed by atoms with van der Waals surface area (Å²) in [5.41, 5.74) is 2.08. The van der Waals surface area contributed by atoms with Crippen LogP contribution in [0.2, 0.25) is 0 Å². The van der Waals surface area contributed by atoms with E-state index in [9.17, 15) is 4.39 Å². The van der Waals surface area contributed by atoms with Crippen LogP contribution in [-0.4, -0.2) is 23.3 Å². The molecule has 0 bridgehead atoms. The molecule has 2 heterocycles. The number of anilines is 1. The summed E-state index contributed by atoms with van der Waals surface area (Å²) >= 11 is 0. The highest BCUT2D eigenvalue weighted by molar-refractivity contribution is 6.62. The molecule has 2 aromatic rings. The molecule has 1 aliphatic rings. The Labute approximate surface area is 142 Å². The van der Waals surface area contributed by atoms with Gasteiger partial charge in [0.25, 0.3) is 0 Å². The topological polar surface area (TPSA) is 43.4 Å². The van der Waals surface area contributed by atoms with Gasteiger partial charge in [0.2, 0.25) is 5.95 Å².